The molecule has 1 aliphatic carbocycles. The maximum absolute atomic E-state index is 11.5. The van der Waals surface area contributed by atoms with Gasteiger partial charge >= 0.3 is 0 Å². The minimum absolute atomic E-state index is 0. The van der Waals surface area contributed by atoms with Crippen molar-refractivity contribution in [1.29, 1.82) is 0 Å². The van der Waals surface area contributed by atoms with Crippen molar-refractivity contribution in [3.8, 4) is 0 Å². The normalized spacial score (nSPS) is 32.9. The van der Waals surface area contributed by atoms with Gasteiger partial charge in [-0.3, -0.25) is 4.79 Å². The fraction of sp³-hybridized carbons (Fsp3) is 0.900. The molecule has 1 saturated heterocycles. The van der Waals surface area contributed by atoms with Crippen molar-refractivity contribution in [2.45, 2.75) is 50.6 Å². The summed E-state index contributed by atoms with van der Waals surface area (Å²) >= 11 is 0. The number of nitrogens with zero attached hydrogens (tertiary/aromatic N) is 1. The van der Waals surface area contributed by atoms with Gasteiger partial charge in [-0.05, 0) is 19.3 Å². The Kier molecular flexibility index (Phi) is 4.20. The lowest BCUT2D eigenvalue weighted by molar-refractivity contribution is -0.130. The second kappa shape index (κ2) is 4.99. The zero-order valence-corrected chi connectivity index (χ0v) is 9.26. The van der Waals surface area contributed by atoms with E-state index in [1.165, 1.54) is 12.8 Å². The third kappa shape index (κ3) is 2.20. The van der Waals surface area contributed by atoms with E-state index in [2.05, 4.69) is 0 Å². The van der Waals surface area contributed by atoms with E-state index in [0.29, 0.717) is 11.9 Å². The first-order valence-electron chi connectivity index (χ1n) is 5.34. The summed E-state index contributed by atoms with van der Waals surface area (Å²) in [6.45, 7) is 0.942. The molecule has 4 heteroatoms. The van der Waals surface area contributed by atoms with Crippen molar-refractivity contribution in [3.63, 3.8) is 0 Å². The Bertz CT molecular complexity index is 210. The molecule has 1 amide bonds. The van der Waals surface area contributed by atoms with Crippen molar-refractivity contribution < 1.29 is 4.79 Å². The number of rotatable bonds is 1. The van der Waals surface area contributed by atoms with E-state index in [-0.39, 0.29) is 18.4 Å². The Morgan fingerprint density at radius 1 is 1.21 bits per heavy atom. The molecule has 0 bridgehead atoms. The van der Waals surface area contributed by atoms with Crippen LogP contribution in [0.3, 0.4) is 0 Å². The zero-order valence-electron chi connectivity index (χ0n) is 8.45. The fourth-order valence-corrected chi connectivity index (χ4v) is 2.55. The van der Waals surface area contributed by atoms with Gasteiger partial charge in [0, 0.05) is 25.0 Å². The van der Waals surface area contributed by atoms with Gasteiger partial charge in [-0.25, -0.2) is 0 Å². The van der Waals surface area contributed by atoms with E-state index >= 15 is 0 Å². The minimum Gasteiger partial charge on any atom is -0.338 e. The van der Waals surface area contributed by atoms with Gasteiger partial charge in [-0.1, -0.05) is 12.8 Å². The molecule has 3 nitrogen and oxygen atoms in total. The third-order valence-corrected chi connectivity index (χ3v) is 3.29. The first-order valence-corrected chi connectivity index (χ1v) is 5.34. The van der Waals surface area contributed by atoms with E-state index in [9.17, 15) is 4.79 Å². The SMILES string of the molecule is Cl.N[C@@H]1CCCC[C@H]1N1CCCC1=O. The molecule has 1 heterocycles. The van der Waals surface area contributed by atoms with Gasteiger partial charge in [-0.15, -0.1) is 12.4 Å². The van der Waals surface area contributed by atoms with Crippen molar-refractivity contribution in [3.05, 3.63) is 0 Å². The highest BCUT2D eigenvalue weighted by Crippen LogP contribution is 2.25. The molecule has 1 saturated carbocycles. The van der Waals surface area contributed by atoms with Crippen molar-refractivity contribution >= 4 is 18.3 Å². The van der Waals surface area contributed by atoms with Gasteiger partial charge in [0.1, 0.15) is 0 Å². The highest BCUT2D eigenvalue weighted by Gasteiger charge is 2.32. The first-order chi connectivity index (χ1) is 6.29. The highest BCUT2D eigenvalue weighted by atomic mass is 35.5. The number of hydrogen-bond acceptors (Lipinski definition) is 2. The summed E-state index contributed by atoms with van der Waals surface area (Å²) in [5.41, 5.74) is 6.03. The van der Waals surface area contributed by atoms with Gasteiger partial charge in [0.25, 0.3) is 0 Å². The molecule has 1 aliphatic heterocycles. The lowest BCUT2D eigenvalue weighted by Crippen LogP contribution is -2.49. The topological polar surface area (TPSA) is 46.3 Å². The Balaban J connectivity index is 0.000000980. The number of likely N-dealkylation sites (tertiary alicyclic amines) is 1. The molecule has 0 aromatic carbocycles. The van der Waals surface area contributed by atoms with Crippen LogP contribution < -0.4 is 5.73 Å². The average Bonchev–Trinajstić information content (AvgIpc) is 2.52. The van der Waals surface area contributed by atoms with E-state index in [1.807, 2.05) is 4.90 Å². The van der Waals surface area contributed by atoms with Crippen LogP contribution in [0.5, 0.6) is 0 Å². The summed E-state index contributed by atoms with van der Waals surface area (Å²) in [4.78, 5) is 13.5. The number of halogens is 1. The molecule has 0 unspecified atom stereocenters. The predicted molar refractivity (Wildman–Crippen MR) is 58.4 cm³/mol. The fourth-order valence-electron chi connectivity index (χ4n) is 2.55. The Morgan fingerprint density at radius 2 is 1.93 bits per heavy atom. The van der Waals surface area contributed by atoms with Crippen LogP contribution in [0.2, 0.25) is 0 Å². The minimum atomic E-state index is 0. The Labute approximate surface area is 91.4 Å². The number of nitrogens with two attached hydrogens (primary N) is 1. The number of amides is 1. The third-order valence-electron chi connectivity index (χ3n) is 3.29. The molecule has 0 radical (unpaired) electrons. The second-order valence-electron chi connectivity index (χ2n) is 4.21. The van der Waals surface area contributed by atoms with E-state index in [0.717, 1.165) is 32.2 Å². The maximum atomic E-state index is 11.5. The number of carbonyl (C=O) groups excluding carboxylic acids is 1. The van der Waals surface area contributed by atoms with Crippen molar-refractivity contribution in [2.75, 3.05) is 6.54 Å². The molecular formula is C10H19ClN2O. The first kappa shape index (κ1) is 11.8. The molecule has 0 aromatic heterocycles. The van der Waals surface area contributed by atoms with Crippen LogP contribution in [0.25, 0.3) is 0 Å². The summed E-state index contributed by atoms with van der Waals surface area (Å²) in [7, 11) is 0. The number of carbonyl (C=O) groups is 1. The molecule has 2 fully saturated rings. The van der Waals surface area contributed by atoms with E-state index < -0.39 is 0 Å². The molecule has 0 aromatic rings. The van der Waals surface area contributed by atoms with Crippen LogP contribution in [-0.2, 0) is 4.79 Å². The van der Waals surface area contributed by atoms with Gasteiger partial charge < -0.3 is 10.6 Å². The van der Waals surface area contributed by atoms with Gasteiger partial charge in [-0.2, -0.15) is 0 Å². The molecule has 14 heavy (non-hydrogen) atoms. The molecule has 2 aliphatic rings. The lowest BCUT2D eigenvalue weighted by atomic mass is 9.90. The zero-order chi connectivity index (χ0) is 9.26. The molecule has 0 spiro atoms. The summed E-state index contributed by atoms with van der Waals surface area (Å²) in [6, 6.07) is 0.583. The van der Waals surface area contributed by atoms with Crippen molar-refractivity contribution in [2.24, 2.45) is 5.73 Å². The van der Waals surface area contributed by atoms with Crippen LogP contribution in [0.1, 0.15) is 38.5 Å². The lowest BCUT2D eigenvalue weighted by Gasteiger charge is -2.35. The maximum Gasteiger partial charge on any atom is 0.222 e. The van der Waals surface area contributed by atoms with E-state index in [1.54, 1.807) is 0 Å². The Morgan fingerprint density at radius 3 is 2.50 bits per heavy atom. The smallest absolute Gasteiger partial charge is 0.222 e. The molecule has 82 valence electrons. The summed E-state index contributed by atoms with van der Waals surface area (Å²) in [5.74, 6) is 0.322. The molecule has 2 N–H and O–H groups in total. The van der Waals surface area contributed by atoms with Crippen molar-refractivity contribution in [1.82, 2.24) is 4.90 Å². The van der Waals surface area contributed by atoms with Crippen LogP contribution >= 0.6 is 12.4 Å². The highest BCUT2D eigenvalue weighted by molar-refractivity contribution is 5.85. The Hall–Kier alpha value is -0.280. The molecular weight excluding hydrogens is 200 g/mol. The van der Waals surface area contributed by atoms with Crippen LogP contribution in [0, 0.1) is 0 Å². The largest absolute Gasteiger partial charge is 0.338 e. The van der Waals surface area contributed by atoms with Crippen LogP contribution in [-0.4, -0.2) is 29.4 Å². The van der Waals surface area contributed by atoms with Gasteiger partial charge in [0.05, 0.1) is 0 Å². The predicted octanol–water partition coefficient (Wildman–Crippen LogP) is 1.30. The van der Waals surface area contributed by atoms with Gasteiger partial charge in [0.15, 0.2) is 0 Å². The van der Waals surface area contributed by atoms with Gasteiger partial charge in [0.2, 0.25) is 5.91 Å². The molecule has 2 atom stereocenters. The van der Waals surface area contributed by atoms with Crippen LogP contribution in [0.4, 0.5) is 0 Å². The average molecular weight is 219 g/mol. The van der Waals surface area contributed by atoms with E-state index in [4.69, 9.17) is 5.73 Å². The van der Waals surface area contributed by atoms with Crippen LogP contribution in [0.15, 0.2) is 0 Å². The quantitative estimate of drug-likeness (QED) is 0.721. The number of hydrogen-bond donors (Lipinski definition) is 1. The summed E-state index contributed by atoms with van der Waals surface area (Å²) < 4.78 is 0. The summed E-state index contributed by atoms with van der Waals surface area (Å²) in [5, 5.41) is 0. The summed E-state index contributed by atoms with van der Waals surface area (Å²) in [6.07, 6.45) is 6.45. The molecule has 2 rings (SSSR count). The second-order valence-corrected chi connectivity index (χ2v) is 4.21. The standard InChI is InChI=1S/C10H18N2O.ClH/c11-8-4-1-2-5-9(8)12-7-3-6-10(12)13;/h8-9H,1-7,11H2;1H/t8-,9-;/m1./s1. The monoisotopic (exact) mass is 218 g/mol.